The van der Waals surface area contributed by atoms with Crippen LogP contribution in [0.25, 0.3) is 0 Å². The van der Waals surface area contributed by atoms with Gasteiger partial charge in [-0.05, 0) is 18.2 Å². The standard InChI is InChI=1S/C19H24FN5O.HI/c1-21-19(23-14-15-6-5-9-22-18(15)26-2)25-12-10-24(11-13-25)17-8-4-3-7-16(17)20;/h3-9H,10-14H2,1-2H3,(H,21,23);1H. The number of rotatable bonds is 4. The molecule has 2 aromatic rings. The second-order valence-electron chi connectivity index (χ2n) is 6.00. The highest BCUT2D eigenvalue weighted by atomic mass is 127. The van der Waals surface area contributed by atoms with E-state index in [9.17, 15) is 4.39 Å². The van der Waals surface area contributed by atoms with Gasteiger partial charge in [0.05, 0.1) is 12.8 Å². The third-order valence-electron chi connectivity index (χ3n) is 4.46. The highest BCUT2D eigenvalue weighted by Gasteiger charge is 2.21. The maximum Gasteiger partial charge on any atom is 0.218 e. The van der Waals surface area contributed by atoms with Gasteiger partial charge >= 0.3 is 0 Å². The first-order valence-corrected chi connectivity index (χ1v) is 8.66. The van der Waals surface area contributed by atoms with Gasteiger partial charge in [-0.1, -0.05) is 18.2 Å². The number of nitrogens with zero attached hydrogens (tertiary/aromatic N) is 4. The molecule has 0 saturated carbocycles. The van der Waals surface area contributed by atoms with E-state index in [1.807, 2.05) is 24.3 Å². The molecule has 0 radical (unpaired) electrons. The molecule has 3 rings (SSSR count). The number of halogens is 2. The smallest absolute Gasteiger partial charge is 0.218 e. The summed E-state index contributed by atoms with van der Waals surface area (Å²) < 4.78 is 19.3. The van der Waals surface area contributed by atoms with E-state index in [1.54, 1.807) is 26.4 Å². The second kappa shape index (κ2) is 10.3. The number of aliphatic imine (C=N–C) groups is 1. The molecule has 1 fully saturated rings. The summed E-state index contributed by atoms with van der Waals surface area (Å²) in [7, 11) is 3.38. The Morgan fingerprint density at radius 1 is 1.19 bits per heavy atom. The fourth-order valence-corrected chi connectivity index (χ4v) is 3.12. The van der Waals surface area contributed by atoms with Crippen molar-refractivity contribution in [1.82, 2.24) is 15.2 Å². The number of hydrogen-bond donors (Lipinski definition) is 1. The summed E-state index contributed by atoms with van der Waals surface area (Å²) >= 11 is 0. The Balaban J connectivity index is 0.00000261. The molecule has 1 aromatic carbocycles. The molecule has 1 aliphatic heterocycles. The summed E-state index contributed by atoms with van der Waals surface area (Å²) in [5.74, 6) is 1.26. The monoisotopic (exact) mass is 485 g/mol. The summed E-state index contributed by atoms with van der Waals surface area (Å²) in [4.78, 5) is 12.8. The molecule has 0 spiro atoms. The molecule has 6 nitrogen and oxygen atoms in total. The Morgan fingerprint density at radius 3 is 2.59 bits per heavy atom. The average molecular weight is 485 g/mol. The first-order valence-electron chi connectivity index (χ1n) is 8.66. The summed E-state index contributed by atoms with van der Waals surface area (Å²) in [6.45, 7) is 3.63. The van der Waals surface area contributed by atoms with Crippen LogP contribution in [0.2, 0.25) is 0 Å². The summed E-state index contributed by atoms with van der Waals surface area (Å²) in [5, 5.41) is 3.36. The van der Waals surface area contributed by atoms with Crippen LogP contribution in [0, 0.1) is 5.82 Å². The number of nitrogens with one attached hydrogen (secondary N) is 1. The predicted molar refractivity (Wildman–Crippen MR) is 117 cm³/mol. The molecule has 1 aromatic heterocycles. The lowest BCUT2D eigenvalue weighted by molar-refractivity contribution is 0.368. The van der Waals surface area contributed by atoms with Gasteiger partial charge in [-0.3, -0.25) is 4.99 Å². The van der Waals surface area contributed by atoms with Gasteiger partial charge < -0.3 is 19.9 Å². The van der Waals surface area contributed by atoms with Gasteiger partial charge in [0, 0.05) is 51.5 Å². The van der Waals surface area contributed by atoms with Gasteiger partial charge in [0.25, 0.3) is 0 Å². The zero-order valence-electron chi connectivity index (χ0n) is 15.6. The van der Waals surface area contributed by atoms with Crippen molar-refractivity contribution in [2.75, 3.05) is 45.2 Å². The van der Waals surface area contributed by atoms with Crippen LogP contribution < -0.4 is 15.0 Å². The van der Waals surface area contributed by atoms with Crippen LogP contribution in [-0.4, -0.2) is 56.2 Å². The van der Waals surface area contributed by atoms with Gasteiger partial charge in [-0.15, -0.1) is 24.0 Å². The topological polar surface area (TPSA) is 53.0 Å². The van der Waals surface area contributed by atoms with E-state index < -0.39 is 0 Å². The SMILES string of the molecule is CN=C(NCc1cccnc1OC)N1CCN(c2ccccc2F)CC1.I. The first-order chi connectivity index (χ1) is 12.7. The number of guanidine groups is 1. The molecular weight excluding hydrogens is 460 g/mol. The van der Waals surface area contributed by atoms with Crippen molar-refractivity contribution in [1.29, 1.82) is 0 Å². The van der Waals surface area contributed by atoms with Gasteiger partial charge in [-0.25, -0.2) is 9.37 Å². The molecule has 1 aliphatic rings. The Hall–Kier alpha value is -2.10. The van der Waals surface area contributed by atoms with Crippen LogP contribution >= 0.6 is 24.0 Å². The van der Waals surface area contributed by atoms with Crippen molar-refractivity contribution >= 4 is 35.6 Å². The van der Waals surface area contributed by atoms with Gasteiger partial charge in [0.15, 0.2) is 5.96 Å². The summed E-state index contributed by atoms with van der Waals surface area (Å²) in [6, 6.07) is 10.8. The maximum atomic E-state index is 14.0. The van der Waals surface area contributed by atoms with Crippen LogP contribution in [0.1, 0.15) is 5.56 Å². The number of aromatic nitrogens is 1. The van der Waals surface area contributed by atoms with Crippen molar-refractivity contribution in [3.63, 3.8) is 0 Å². The first kappa shape index (κ1) is 21.2. The Labute approximate surface area is 176 Å². The molecule has 1 N–H and O–H groups in total. The van der Waals surface area contributed by atoms with Crippen LogP contribution in [0.3, 0.4) is 0 Å². The number of benzene rings is 1. The van der Waals surface area contributed by atoms with E-state index in [0.29, 0.717) is 18.1 Å². The lowest BCUT2D eigenvalue weighted by Gasteiger charge is -2.37. The normalized spacial score (nSPS) is 14.6. The Bertz CT molecular complexity index is 765. The zero-order valence-corrected chi connectivity index (χ0v) is 17.9. The van der Waals surface area contributed by atoms with Crippen LogP contribution in [0.5, 0.6) is 5.88 Å². The van der Waals surface area contributed by atoms with E-state index in [1.165, 1.54) is 6.07 Å². The maximum absolute atomic E-state index is 14.0. The molecule has 1 saturated heterocycles. The van der Waals surface area contributed by atoms with E-state index in [4.69, 9.17) is 4.74 Å². The number of pyridine rings is 1. The minimum absolute atomic E-state index is 0. The summed E-state index contributed by atoms with van der Waals surface area (Å²) in [5.41, 5.74) is 1.64. The minimum Gasteiger partial charge on any atom is -0.481 e. The largest absolute Gasteiger partial charge is 0.481 e. The van der Waals surface area contributed by atoms with Gasteiger partial charge in [-0.2, -0.15) is 0 Å². The van der Waals surface area contributed by atoms with Crippen molar-refractivity contribution in [3.05, 3.63) is 54.0 Å². The quantitative estimate of drug-likeness (QED) is 0.410. The molecule has 0 atom stereocenters. The molecule has 8 heteroatoms. The van der Waals surface area contributed by atoms with Gasteiger partial charge in [0.1, 0.15) is 5.82 Å². The molecule has 0 unspecified atom stereocenters. The highest BCUT2D eigenvalue weighted by Crippen LogP contribution is 2.20. The van der Waals surface area contributed by atoms with E-state index in [-0.39, 0.29) is 29.8 Å². The average Bonchev–Trinajstić information content (AvgIpc) is 2.70. The minimum atomic E-state index is -0.174. The zero-order chi connectivity index (χ0) is 18.4. The van der Waals surface area contributed by atoms with Crippen LogP contribution in [0.15, 0.2) is 47.6 Å². The molecule has 27 heavy (non-hydrogen) atoms. The Kier molecular flexibility index (Phi) is 8.08. The van der Waals surface area contributed by atoms with E-state index in [0.717, 1.165) is 37.7 Å². The fourth-order valence-electron chi connectivity index (χ4n) is 3.12. The van der Waals surface area contributed by atoms with Crippen molar-refractivity contribution in [3.8, 4) is 5.88 Å². The van der Waals surface area contributed by atoms with E-state index >= 15 is 0 Å². The molecule has 2 heterocycles. The van der Waals surface area contributed by atoms with Crippen LogP contribution in [0.4, 0.5) is 10.1 Å². The molecule has 0 bridgehead atoms. The lowest BCUT2D eigenvalue weighted by atomic mass is 10.2. The molecule has 146 valence electrons. The lowest BCUT2D eigenvalue weighted by Crippen LogP contribution is -2.52. The van der Waals surface area contributed by atoms with Crippen molar-refractivity contribution in [2.45, 2.75) is 6.54 Å². The summed E-state index contributed by atoms with van der Waals surface area (Å²) in [6.07, 6.45) is 1.71. The second-order valence-corrected chi connectivity index (χ2v) is 6.00. The number of anilines is 1. The molecule has 0 aliphatic carbocycles. The number of para-hydroxylation sites is 1. The number of hydrogen-bond acceptors (Lipinski definition) is 4. The highest BCUT2D eigenvalue weighted by molar-refractivity contribution is 14.0. The van der Waals surface area contributed by atoms with Crippen LogP contribution in [-0.2, 0) is 6.54 Å². The number of ether oxygens (including phenoxy) is 1. The molecular formula is C19H25FIN5O. The number of piperazine rings is 1. The fraction of sp³-hybridized carbons (Fsp3) is 0.368. The predicted octanol–water partition coefficient (Wildman–Crippen LogP) is 2.74. The van der Waals surface area contributed by atoms with E-state index in [2.05, 4.69) is 25.1 Å². The van der Waals surface area contributed by atoms with Crippen molar-refractivity contribution in [2.24, 2.45) is 4.99 Å². The molecule has 0 amide bonds. The Morgan fingerprint density at radius 2 is 1.93 bits per heavy atom. The number of methoxy groups -OCH3 is 1. The van der Waals surface area contributed by atoms with Gasteiger partial charge in [0.2, 0.25) is 5.88 Å². The van der Waals surface area contributed by atoms with Crippen molar-refractivity contribution < 1.29 is 9.13 Å². The third kappa shape index (κ3) is 5.21. The third-order valence-corrected chi connectivity index (χ3v) is 4.46.